The van der Waals surface area contributed by atoms with E-state index in [9.17, 15) is 8.42 Å². The molecule has 18 heavy (non-hydrogen) atoms. The summed E-state index contributed by atoms with van der Waals surface area (Å²) in [6, 6.07) is 1.63. The van der Waals surface area contributed by atoms with E-state index in [0.29, 0.717) is 13.2 Å². The minimum absolute atomic E-state index is 0.172. The normalized spacial score (nSPS) is 17.6. The third kappa shape index (κ3) is 1.97. The lowest BCUT2D eigenvalue weighted by Crippen LogP contribution is -2.26. The Morgan fingerprint density at radius 2 is 2.33 bits per heavy atom. The molecule has 1 fully saturated rings. The van der Waals surface area contributed by atoms with Crippen molar-refractivity contribution >= 4 is 47.5 Å². The summed E-state index contributed by atoms with van der Waals surface area (Å²) in [5.41, 5.74) is 0.779. The Morgan fingerprint density at radius 3 is 3.06 bits per heavy atom. The fraction of sp³-hybridized carbons (Fsp3) is 0.300. The molecule has 3 rings (SSSR count). The van der Waals surface area contributed by atoms with E-state index in [1.807, 2.05) is 5.38 Å². The molecule has 0 aromatic carbocycles. The number of rotatable bonds is 2. The summed E-state index contributed by atoms with van der Waals surface area (Å²) in [5, 5.41) is 1.89. The van der Waals surface area contributed by atoms with Crippen LogP contribution in [0.15, 0.2) is 27.0 Å². The monoisotopic (exact) mass is 348 g/mol. The van der Waals surface area contributed by atoms with Crippen molar-refractivity contribution in [3.8, 4) is 0 Å². The maximum Gasteiger partial charge on any atom is 0.266 e. The first kappa shape index (κ1) is 12.5. The van der Waals surface area contributed by atoms with Crippen molar-refractivity contribution < 1.29 is 13.3 Å². The Bertz CT molecular complexity index is 692. The van der Waals surface area contributed by atoms with E-state index in [-0.39, 0.29) is 4.90 Å². The van der Waals surface area contributed by atoms with E-state index in [0.717, 1.165) is 25.6 Å². The third-order valence-electron chi connectivity index (χ3n) is 2.63. The number of thiophene rings is 1. The van der Waals surface area contributed by atoms with Crippen LogP contribution in [0, 0.1) is 0 Å². The molecular formula is C10H9BrN2O3S2. The van der Waals surface area contributed by atoms with Gasteiger partial charge in [-0.25, -0.2) is 8.42 Å². The molecule has 5 nitrogen and oxygen atoms in total. The van der Waals surface area contributed by atoms with Crippen molar-refractivity contribution in [1.29, 1.82) is 0 Å². The van der Waals surface area contributed by atoms with E-state index < -0.39 is 10.0 Å². The molecule has 2 aromatic rings. The van der Waals surface area contributed by atoms with Gasteiger partial charge in [0.1, 0.15) is 4.90 Å². The number of aromatic nitrogens is 1. The third-order valence-corrected chi connectivity index (χ3v) is 6.10. The fourth-order valence-corrected chi connectivity index (χ4v) is 4.62. The smallest absolute Gasteiger partial charge is 0.266 e. The number of hydrogen-bond acceptors (Lipinski definition) is 5. The molecule has 0 aliphatic carbocycles. The van der Waals surface area contributed by atoms with E-state index in [1.165, 1.54) is 17.5 Å². The molecule has 0 bridgehead atoms. The van der Waals surface area contributed by atoms with Crippen LogP contribution in [0.5, 0.6) is 0 Å². The largest absolute Gasteiger partial charge is 0.284 e. The molecule has 0 unspecified atom stereocenters. The minimum atomic E-state index is -3.58. The first-order chi connectivity index (χ1) is 8.59. The molecule has 1 aliphatic heterocycles. The highest BCUT2D eigenvalue weighted by molar-refractivity contribution is 9.10. The second kappa shape index (κ2) is 4.53. The van der Waals surface area contributed by atoms with E-state index in [1.54, 1.807) is 6.07 Å². The minimum Gasteiger partial charge on any atom is -0.284 e. The van der Waals surface area contributed by atoms with E-state index in [2.05, 4.69) is 20.9 Å². The van der Waals surface area contributed by atoms with Crippen LogP contribution < -0.4 is 0 Å². The van der Waals surface area contributed by atoms with Crippen molar-refractivity contribution in [2.24, 2.45) is 0 Å². The summed E-state index contributed by atoms with van der Waals surface area (Å²) in [6.45, 7) is 0.841. The van der Waals surface area contributed by atoms with Crippen molar-refractivity contribution in [3.05, 3.63) is 22.1 Å². The van der Waals surface area contributed by atoms with Crippen molar-refractivity contribution in [1.82, 2.24) is 9.45 Å². The number of sulfonamides is 1. The molecular weight excluding hydrogens is 340 g/mol. The van der Waals surface area contributed by atoms with Gasteiger partial charge < -0.3 is 0 Å². The number of hydrogen-bond donors (Lipinski definition) is 0. The SMILES string of the molecule is O=S(=O)(c1cnc2c(Br)csc2c1)N1CCCO1. The number of pyridine rings is 1. The van der Waals surface area contributed by atoms with Crippen molar-refractivity contribution in [2.45, 2.75) is 11.3 Å². The lowest BCUT2D eigenvalue weighted by Gasteiger charge is -2.13. The van der Waals surface area contributed by atoms with Crippen LogP contribution in [-0.4, -0.2) is 31.0 Å². The first-order valence-electron chi connectivity index (χ1n) is 5.27. The second-order valence-electron chi connectivity index (χ2n) is 3.82. The Morgan fingerprint density at radius 1 is 1.50 bits per heavy atom. The summed E-state index contributed by atoms with van der Waals surface area (Å²) < 4.78 is 27.2. The fourth-order valence-electron chi connectivity index (χ4n) is 1.74. The van der Waals surface area contributed by atoms with Gasteiger partial charge in [0.15, 0.2) is 0 Å². The van der Waals surface area contributed by atoms with Crippen molar-refractivity contribution in [3.63, 3.8) is 0 Å². The highest BCUT2D eigenvalue weighted by Gasteiger charge is 2.29. The van der Waals surface area contributed by atoms with E-state index >= 15 is 0 Å². The van der Waals surface area contributed by atoms with Crippen LogP contribution in [0.3, 0.4) is 0 Å². The summed E-state index contributed by atoms with van der Waals surface area (Å²) in [7, 11) is -3.58. The van der Waals surface area contributed by atoms with Gasteiger partial charge in [0.25, 0.3) is 10.0 Å². The molecule has 0 N–H and O–H groups in total. The van der Waals surface area contributed by atoms with Gasteiger partial charge in [-0.2, -0.15) is 0 Å². The molecule has 1 saturated heterocycles. The Labute approximate surface area is 117 Å². The molecule has 96 valence electrons. The van der Waals surface area contributed by atoms with Crippen LogP contribution in [0.25, 0.3) is 10.2 Å². The van der Waals surface area contributed by atoms with Crippen LogP contribution in [-0.2, 0) is 14.9 Å². The number of fused-ring (bicyclic) bond motifs is 1. The zero-order valence-corrected chi connectivity index (χ0v) is 12.4. The molecule has 1 aliphatic rings. The topological polar surface area (TPSA) is 59.5 Å². The molecule has 0 amide bonds. The molecule has 0 radical (unpaired) electrons. The van der Waals surface area contributed by atoms with Gasteiger partial charge in [0.2, 0.25) is 0 Å². The molecule has 3 heterocycles. The predicted molar refractivity (Wildman–Crippen MR) is 71.8 cm³/mol. The van der Waals surface area contributed by atoms with Crippen LogP contribution in [0.1, 0.15) is 6.42 Å². The number of nitrogens with zero attached hydrogens (tertiary/aromatic N) is 2. The quantitative estimate of drug-likeness (QED) is 0.835. The number of hydroxylamine groups is 1. The average Bonchev–Trinajstić information content (AvgIpc) is 2.99. The Hall–Kier alpha value is -0.540. The lowest BCUT2D eigenvalue weighted by atomic mass is 10.4. The van der Waals surface area contributed by atoms with Crippen LogP contribution in [0.4, 0.5) is 0 Å². The summed E-state index contributed by atoms with van der Waals surface area (Å²) in [5.74, 6) is 0. The molecule has 0 saturated carbocycles. The van der Waals surface area contributed by atoms with Gasteiger partial charge in [0, 0.05) is 18.1 Å². The Kier molecular flexibility index (Phi) is 3.15. The summed E-state index contributed by atoms with van der Waals surface area (Å²) in [4.78, 5) is 9.45. The summed E-state index contributed by atoms with van der Waals surface area (Å²) in [6.07, 6.45) is 2.09. The van der Waals surface area contributed by atoms with E-state index in [4.69, 9.17) is 4.84 Å². The molecule has 8 heteroatoms. The van der Waals surface area contributed by atoms with Crippen LogP contribution in [0.2, 0.25) is 0 Å². The zero-order valence-electron chi connectivity index (χ0n) is 9.17. The van der Waals surface area contributed by atoms with Gasteiger partial charge in [-0.1, -0.05) is 4.47 Å². The molecule has 0 spiro atoms. The maximum atomic E-state index is 12.2. The van der Waals surface area contributed by atoms with Gasteiger partial charge in [0.05, 0.1) is 21.3 Å². The first-order valence-corrected chi connectivity index (χ1v) is 8.39. The summed E-state index contributed by atoms with van der Waals surface area (Å²) >= 11 is 4.83. The highest BCUT2D eigenvalue weighted by Crippen LogP contribution is 2.31. The van der Waals surface area contributed by atoms with Gasteiger partial charge in [-0.05, 0) is 28.4 Å². The van der Waals surface area contributed by atoms with Gasteiger partial charge in [-0.3, -0.25) is 9.82 Å². The lowest BCUT2D eigenvalue weighted by molar-refractivity contribution is -0.0284. The van der Waals surface area contributed by atoms with Crippen molar-refractivity contribution in [2.75, 3.05) is 13.2 Å². The highest BCUT2D eigenvalue weighted by atomic mass is 79.9. The standard InChI is InChI=1S/C10H9BrN2O3S2/c11-8-6-17-9-4-7(5-12-10(8)9)18(14,15)13-2-1-3-16-13/h4-6H,1-3H2. The molecule has 2 aromatic heterocycles. The Balaban J connectivity index is 2.08. The average molecular weight is 349 g/mol. The van der Waals surface area contributed by atoms with Crippen LogP contribution >= 0.6 is 27.3 Å². The van der Waals surface area contributed by atoms with Gasteiger partial charge >= 0.3 is 0 Å². The second-order valence-corrected chi connectivity index (χ2v) is 7.41. The van der Waals surface area contributed by atoms with Gasteiger partial charge in [-0.15, -0.1) is 11.3 Å². The zero-order chi connectivity index (χ0) is 12.8. The number of halogens is 1. The predicted octanol–water partition coefficient (Wildman–Crippen LogP) is 2.38. The molecule has 0 atom stereocenters. The maximum absolute atomic E-state index is 12.2.